The molecule has 360 valence electrons. The number of hydrogen-bond acceptors (Lipinski definition) is 19. The maximum atomic E-state index is 12.5. The van der Waals surface area contributed by atoms with Gasteiger partial charge in [0.1, 0.15) is 31.2 Å². The Hall–Kier alpha value is -6.69. The minimum Gasteiger partial charge on any atom is -0.294 e. The summed E-state index contributed by atoms with van der Waals surface area (Å²) in [5.41, 5.74) is 0.000788. The molecule has 7 N–H and O–H groups in total. The molecule has 1 heterocycles. The lowest BCUT2D eigenvalue weighted by Gasteiger charge is -2.11. The van der Waals surface area contributed by atoms with Crippen molar-refractivity contribution in [3.63, 3.8) is 0 Å². The maximum Gasteiger partial charge on any atom is 0.348 e. The molecule has 0 radical (unpaired) electrons. The first-order chi connectivity index (χ1) is 31.8. The molecule has 0 spiro atoms. The second-order valence-electron chi connectivity index (χ2n) is 14.4. The van der Waals surface area contributed by atoms with E-state index in [4.69, 9.17) is 0 Å². The van der Waals surface area contributed by atoms with Crippen molar-refractivity contribution in [2.75, 3.05) is 0 Å². The Morgan fingerprint density at radius 1 is 0.391 bits per heavy atom. The molecule has 0 saturated carbocycles. The fourth-order valence-corrected chi connectivity index (χ4v) is 10.7. The van der Waals surface area contributed by atoms with E-state index in [0.29, 0.717) is 35.4 Å². The minimum atomic E-state index is -5.25. The Morgan fingerprint density at radius 2 is 0.725 bits per heavy atom. The summed E-state index contributed by atoms with van der Waals surface area (Å²) in [6.07, 6.45) is 0.0941. The van der Waals surface area contributed by atoms with Crippen LogP contribution in [-0.2, 0) is 73.6 Å². The molecule has 0 aliphatic carbocycles. The number of nitrogens with zero attached hydrogens (tertiary/aromatic N) is 6. The smallest absolute Gasteiger partial charge is 0.294 e. The topological polar surface area (TPSA) is 434 Å². The van der Waals surface area contributed by atoms with Gasteiger partial charge in [0, 0.05) is 34.4 Å². The van der Waals surface area contributed by atoms with E-state index >= 15 is 0 Å². The molecule has 0 aliphatic heterocycles. The predicted octanol–water partition coefficient (Wildman–Crippen LogP) is 4.96. The van der Waals surface area contributed by atoms with Crippen molar-refractivity contribution in [2.24, 2.45) is 20.5 Å². The Morgan fingerprint density at radius 3 is 1.09 bits per heavy atom. The number of hydrogen-bond donors (Lipinski definition) is 7. The van der Waals surface area contributed by atoms with Gasteiger partial charge in [0.25, 0.3) is 60.7 Å². The molecule has 7 aromatic rings. The fraction of sp³-hybridized carbons (Fsp3) is 0.0541. The monoisotopic (exact) mass is 1060 g/mol. The van der Waals surface area contributed by atoms with Crippen LogP contribution in [0.4, 0.5) is 22.7 Å². The molecule has 32 heteroatoms. The van der Waals surface area contributed by atoms with Crippen LogP contribution >= 0.6 is 0 Å². The predicted molar refractivity (Wildman–Crippen MR) is 236 cm³/mol. The summed E-state index contributed by atoms with van der Waals surface area (Å²) in [7, 11) is -31.2. The Bertz CT molecular complexity index is 3870. The van der Waals surface area contributed by atoms with Crippen LogP contribution in [0.15, 0.2) is 152 Å². The third-order valence-electron chi connectivity index (χ3n) is 9.53. The van der Waals surface area contributed by atoms with E-state index in [1.165, 1.54) is 24.3 Å². The molecule has 1 aromatic heterocycles. The maximum absolute atomic E-state index is 12.5. The average molecular weight is 1070 g/mol. The van der Waals surface area contributed by atoms with Gasteiger partial charge in [-0.2, -0.15) is 75.9 Å². The summed E-state index contributed by atoms with van der Waals surface area (Å²) in [5, 5.41) is 13.2. The molecule has 0 atom stereocenters. The standard InChI is InChI=1S/C37H27N7O19S6/c45-37-39-35(9-19-1-5-21(6-2-19)41-43-23-11-27-29(31(13-23)66(52,53)54)15-25(64(46,47)48)17-33(27)68(58,59)60)38-36(40-37)10-20-3-7-22(8-4-20)42-44-24-12-28-30(32(14-24)67(55,56)57)16-26(65(49,50)51)18-34(28)69(61,62)63/h1-8,11-18H,9-10H2,(H,46,47,48)(H,49,50,51)(H,52,53,54)(H,55,56,57)(H,58,59,60)(H,61,62,63)(H,38,39,40,45). The van der Waals surface area contributed by atoms with Gasteiger partial charge < -0.3 is 0 Å². The van der Waals surface area contributed by atoms with Gasteiger partial charge in [-0.05, 0) is 83.9 Å². The highest BCUT2D eigenvalue weighted by Gasteiger charge is 2.27. The normalized spacial score (nSPS) is 13.2. The second-order valence-corrected chi connectivity index (χ2v) is 22.8. The van der Waals surface area contributed by atoms with Crippen molar-refractivity contribution in [1.82, 2.24) is 15.0 Å². The SMILES string of the molecule is O=c1nc(Cc2ccc(N=Nc3cc(S(=O)(=O)O)c4cc(S(=O)(=O)O)cc(S(=O)(=O)O)c4c3)cc2)nc(Cc2ccc(N=Nc3cc(S(=O)(=O)O)c4cc(S(=O)(=O)O)cc(S(=O)(=O)O)c4c3)cc2)[nH]1. The van der Waals surface area contributed by atoms with Gasteiger partial charge in [-0.1, -0.05) is 24.3 Å². The molecular weight excluding hydrogens is 1040 g/mol. The number of fused-ring (bicyclic) bond motifs is 2. The second kappa shape index (κ2) is 18.0. The molecule has 0 amide bonds. The summed E-state index contributed by atoms with van der Waals surface area (Å²) >= 11 is 0. The van der Waals surface area contributed by atoms with E-state index in [0.717, 1.165) is 24.3 Å². The first-order valence-corrected chi connectivity index (χ1v) is 27.0. The van der Waals surface area contributed by atoms with E-state index in [1.807, 2.05) is 0 Å². The Labute approximate surface area is 388 Å². The number of aromatic nitrogens is 3. The third-order valence-corrected chi connectivity index (χ3v) is 14.8. The molecule has 0 aliphatic rings. The quantitative estimate of drug-likeness (QED) is 0.0558. The summed E-state index contributed by atoms with van der Waals surface area (Å²) < 4.78 is 203. The first-order valence-electron chi connectivity index (χ1n) is 18.4. The van der Waals surface area contributed by atoms with E-state index in [9.17, 15) is 82.6 Å². The molecule has 0 fully saturated rings. The molecule has 7 rings (SSSR count). The fourth-order valence-electron chi connectivity index (χ4n) is 6.59. The Kier molecular flexibility index (Phi) is 13.1. The zero-order chi connectivity index (χ0) is 50.6. The van der Waals surface area contributed by atoms with Crippen molar-refractivity contribution in [1.29, 1.82) is 0 Å². The van der Waals surface area contributed by atoms with E-state index < -0.39 is 117 Å². The zero-order valence-corrected chi connectivity index (χ0v) is 38.7. The molecule has 69 heavy (non-hydrogen) atoms. The minimum absolute atomic E-state index is 0.0293. The van der Waals surface area contributed by atoms with Crippen molar-refractivity contribution in [3.05, 3.63) is 130 Å². The van der Waals surface area contributed by atoms with Gasteiger partial charge in [0.2, 0.25) is 0 Å². The van der Waals surface area contributed by atoms with Gasteiger partial charge in [0.05, 0.1) is 32.5 Å². The zero-order valence-electron chi connectivity index (χ0n) is 33.8. The number of rotatable bonds is 14. The van der Waals surface area contributed by atoms with Crippen LogP contribution < -0.4 is 5.69 Å². The number of H-pyrrole nitrogens is 1. The largest absolute Gasteiger partial charge is 0.348 e. The number of azo groups is 2. The lowest BCUT2D eigenvalue weighted by molar-refractivity contribution is 0.477. The summed E-state index contributed by atoms with van der Waals surface area (Å²) in [5.74, 6) is 0.289. The van der Waals surface area contributed by atoms with Gasteiger partial charge in [-0.3, -0.25) is 32.3 Å². The summed E-state index contributed by atoms with van der Waals surface area (Å²) in [6, 6.07) is 17.3. The molecule has 0 bridgehead atoms. The van der Waals surface area contributed by atoms with Crippen LogP contribution in [0.25, 0.3) is 21.5 Å². The van der Waals surface area contributed by atoms with Gasteiger partial charge in [-0.15, -0.1) is 0 Å². The molecule has 0 unspecified atom stereocenters. The molecule has 26 nitrogen and oxygen atoms in total. The van der Waals surface area contributed by atoms with Crippen LogP contribution in [-0.4, -0.2) is 92.8 Å². The van der Waals surface area contributed by atoms with Crippen LogP contribution in [0.5, 0.6) is 0 Å². The average Bonchev–Trinajstić information content (AvgIpc) is 3.22. The lowest BCUT2D eigenvalue weighted by Crippen LogP contribution is -2.18. The first kappa shape index (κ1) is 50.2. The van der Waals surface area contributed by atoms with Crippen molar-refractivity contribution in [2.45, 2.75) is 42.2 Å². The van der Waals surface area contributed by atoms with E-state index in [-0.39, 0.29) is 47.2 Å². The van der Waals surface area contributed by atoms with Crippen molar-refractivity contribution < 1.29 is 77.8 Å². The highest BCUT2D eigenvalue weighted by atomic mass is 32.2. The summed E-state index contributed by atoms with van der Waals surface area (Å²) in [4.78, 5) is 16.8. The van der Waals surface area contributed by atoms with Crippen LogP contribution in [0.3, 0.4) is 0 Å². The number of aromatic amines is 1. The highest BCUT2D eigenvalue weighted by Crippen LogP contribution is 2.38. The van der Waals surface area contributed by atoms with Gasteiger partial charge in [0.15, 0.2) is 0 Å². The van der Waals surface area contributed by atoms with Crippen molar-refractivity contribution in [3.8, 4) is 0 Å². The van der Waals surface area contributed by atoms with Crippen LogP contribution in [0.2, 0.25) is 0 Å². The van der Waals surface area contributed by atoms with Gasteiger partial charge >= 0.3 is 5.69 Å². The van der Waals surface area contributed by atoms with Crippen molar-refractivity contribution >= 4 is 105 Å². The van der Waals surface area contributed by atoms with Crippen LogP contribution in [0.1, 0.15) is 22.8 Å². The Balaban J connectivity index is 1.08. The lowest BCUT2D eigenvalue weighted by atomic mass is 10.1. The number of benzene rings is 6. The molecular formula is C37H27N7O19S6. The number of nitrogens with one attached hydrogen (secondary N) is 1. The molecule has 6 aromatic carbocycles. The van der Waals surface area contributed by atoms with Gasteiger partial charge in [-0.25, -0.2) is 9.78 Å². The summed E-state index contributed by atoms with van der Waals surface area (Å²) in [6.45, 7) is 0. The third kappa shape index (κ3) is 11.8. The molecule has 0 saturated heterocycles. The van der Waals surface area contributed by atoms with E-state index in [1.54, 1.807) is 24.3 Å². The van der Waals surface area contributed by atoms with E-state index in [2.05, 4.69) is 35.4 Å². The highest BCUT2D eigenvalue weighted by molar-refractivity contribution is 7.88. The van der Waals surface area contributed by atoms with Crippen LogP contribution in [0, 0.1) is 0 Å².